The molecule has 156 valence electrons. The van der Waals surface area contributed by atoms with Crippen LogP contribution in [0.25, 0.3) is 17.5 Å². The summed E-state index contributed by atoms with van der Waals surface area (Å²) in [5.41, 5.74) is 3.91. The second-order valence-electron chi connectivity index (χ2n) is 7.18. The Bertz CT molecular complexity index is 1180. The zero-order valence-electron chi connectivity index (χ0n) is 17.3. The quantitative estimate of drug-likeness (QED) is 0.324. The number of benzene rings is 2. The minimum absolute atomic E-state index is 0.244. The second kappa shape index (κ2) is 9.21. The lowest BCUT2D eigenvalue weighted by Gasteiger charge is -2.06. The third kappa shape index (κ3) is 5.33. The predicted octanol–water partition coefficient (Wildman–Crippen LogP) is 4.61. The van der Waals surface area contributed by atoms with Gasteiger partial charge >= 0.3 is 5.97 Å². The van der Waals surface area contributed by atoms with E-state index in [1.165, 1.54) is 6.08 Å². The fourth-order valence-corrected chi connectivity index (χ4v) is 2.96. The van der Waals surface area contributed by atoms with Crippen LogP contribution in [0.15, 0.2) is 77.5 Å². The van der Waals surface area contributed by atoms with Gasteiger partial charge in [-0.1, -0.05) is 48.0 Å². The smallest absolute Gasteiger partial charge is 0.331 e. The van der Waals surface area contributed by atoms with E-state index in [1.807, 2.05) is 72.4 Å². The summed E-state index contributed by atoms with van der Waals surface area (Å²) < 4.78 is 12.9. The van der Waals surface area contributed by atoms with E-state index < -0.39 is 12.1 Å². The van der Waals surface area contributed by atoms with Crippen molar-refractivity contribution in [2.75, 3.05) is 0 Å². The molecule has 2 aromatic heterocycles. The molecule has 0 aliphatic carbocycles. The van der Waals surface area contributed by atoms with Gasteiger partial charge in [0.1, 0.15) is 0 Å². The highest BCUT2D eigenvalue weighted by atomic mass is 16.6. The van der Waals surface area contributed by atoms with Crippen LogP contribution in [0.2, 0.25) is 0 Å². The van der Waals surface area contributed by atoms with E-state index in [9.17, 15) is 4.79 Å². The molecule has 0 aliphatic heterocycles. The molecule has 0 saturated carbocycles. The van der Waals surface area contributed by atoms with Gasteiger partial charge in [-0.05, 0) is 37.6 Å². The van der Waals surface area contributed by atoms with Gasteiger partial charge in [0.25, 0.3) is 5.89 Å². The maximum Gasteiger partial charge on any atom is 0.331 e. The van der Waals surface area contributed by atoms with Gasteiger partial charge in [-0.2, -0.15) is 5.10 Å². The van der Waals surface area contributed by atoms with Crippen molar-refractivity contribution in [3.05, 3.63) is 95.6 Å². The van der Waals surface area contributed by atoms with E-state index in [1.54, 1.807) is 19.2 Å². The molecular weight excluding hydrogens is 392 g/mol. The molecule has 0 spiro atoms. The highest BCUT2D eigenvalue weighted by Gasteiger charge is 2.18. The first kappa shape index (κ1) is 20.3. The Morgan fingerprint density at radius 3 is 2.68 bits per heavy atom. The lowest BCUT2D eigenvalue weighted by atomic mass is 10.1. The molecule has 4 aromatic rings. The van der Waals surface area contributed by atoms with Crippen molar-refractivity contribution in [2.24, 2.45) is 0 Å². The highest BCUT2D eigenvalue weighted by molar-refractivity contribution is 5.87. The number of aryl methyl sites for hydroxylation is 1. The molecular formula is C24H22N4O3. The number of rotatable bonds is 7. The molecule has 0 radical (unpaired) electrons. The van der Waals surface area contributed by atoms with Crippen molar-refractivity contribution in [2.45, 2.75) is 26.5 Å². The molecule has 31 heavy (non-hydrogen) atoms. The van der Waals surface area contributed by atoms with Gasteiger partial charge in [-0.15, -0.1) is 10.2 Å². The fourth-order valence-electron chi connectivity index (χ4n) is 2.96. The van der Waals surface area contributed by atoms with Gasteiger partial charge in [0.05, 0.1) is 12.7 Å². The molecule has 0 unspecified atom stereocenters. The van der Waals surface area contributed by atoms with Crippen molar-refractivity contribution in [1.82, 2.24) is 20.0 Å². The molecule has 2 aromatic carbocycles. The Kier molecular flexibility index (Phi) is 6.03. The number of aromatic nitrogens is 4. The number of hydrogen-bond donors (Lipinski definition) is 0. The third-order valence-electron chi connectivity index (χ3n) is 4.63. The van der Waals surface area contributed by atoms with Gasteiger partial charge in [-0.25, -0.2) is 4.79 Å². The van der Waals surface area contributed by atoms with Crippen LogP contribution in [-0.2, 0) is 16.1 Å². The lowest BCUT2D eigenvalue weighted by molar-refractivity contribution is -0.143. The largest absolute Gasteiger partial charge is 0.449 e. The number of ether oxygens (including phenoxy) is 1. The van der Waals surface area contributed by atoms with E-state index in [0.29, 0.717) is 12.4 Å². The molecule has 2 heterocycles. The maximum atomic E-state index is 12.2. The predicted molar refractivity (Wildman–Crippen MR) is 116 cm³/mol. The van der Waals surface area contributed by atoms with Gasteiger partial charge in [0.15, 0.2) is 6.10 Å². The van der Waals surface area contributed by atoms with E-state index in [4.69, 9.17) is 9.15 Å². The van der Waals surface area contributed by atoms with Crippen LogP contribution in [0.5, 0.6) is 0 Å². The van der Waals surface area contributed by atoms with Crippen molar-refractivity contribution >= 4 is 12.0 Å². The molecule has 0 N–H and O–H groups in total. The van der Waals surface area contributed by atoms with Crippen molar-refractivity contribution in [3.63, 3.8) is 0 Å². The highest BCUT2D eigenvalue weighted by Crippen LogP contribution is 2.22. The van der Waals surface area contributed by atoms with Crippen molar-refractivity contribution < 1.29 is 13.9 Å². The average Bonchev–Trinajstić information content (AvgIpc) is 3.44. The SMILES string of the molecule is Cc1ccc(-c2nnc([C@H](C)OC(=O)/C=C/c3cnn(Cc4ccccc4)c3)o2)cc1. The fraction of sp³-hybridized carbons (Fsp3) is 0.167. The molecule has 0 aliphatic rings. The van der Waals surface area contributed by atoms with Crippen molar-refractivity contribution in [1.29, 1.82) is 0 Å². The lowest BCUT2D eigenvalue weighted by Crippen LogP contribution is -2.06. The molecule has 4 rings (SSSR count). The second-order valence-corrected chi connectivity index (χ2v) is 7.18. The Morgan fingerprint density at radius 1 is 1.13 bits per heavy atom. The monoisotopic (exact) mass is 414 g/mol. The molecule has 0 fully saturated rings. The first-order valence-electron chi connectivity index (χ1n) is 9.92. The zero-order chi connectivity index (χ0) is 21.6. The van der Waals surface area contributed by atoms with Crippen LogP contribution in [0, 0.1) is 6.92 Å². The summed E-state index contributed by atoms with van der Waals surface area (Å²) in [6.07, 6.45) is 5.92. The third-order valence-corrected chi connectivity index (χ3v) is 4.63. The van der Waals surface area contributed by atoms with E-state index in [2.05, 4.69) is 15.3 Å². The van der Waals surface area contributed by atoms with E-state index >= 15 is 0 Å². The van der Waals surface area contributed by atoms with Gasteiger partial charge in [0.2, 0.25) is 5.89 Å². The van der Waals surface area contributed by atoms with Crippen LogP contribution in [-0.4, -0.2) is 25.9 Å². The number of carbonyl (C=O) groups is 1. The van der Waals surface area contributed by atoms with Crippen LogP contribution in [0.4, 0.5) is 0 Å². The van der Waals surface area contributed by atoms with Gasteiger partial charge in [-0.3, -0.25) is 4.68 Å². The first-order valence-corrected chi connectivity index (χ1v) is 9.92. The van der Waals surface area contributed by atoms with Crippen LogP contribution < -0.4 is 0 Å². The summed E-state index contributed by atoms with van der Waals surface area (Å²) in [5.74, 6) is 0.130. The number of nitrogens with zero attached hydrogens (tertiary/aromatic N) is 4. The Hall–Kier alpha value is -4.00. The first-order chi connectivity index (χ1) is 15.1. The van der Waals surface area contributed by atoms with Crippen LogP contribution in [0.3, 0.4) is 0 Å². The topological polar surface area (TPSA) is 83.0 Å². The maximum absolute atomic E-state index is 12.2. The summed E-state index contributed by atoms with van der Waals surface area (Å²) in [4.78, 5) is 12.2. The Labute approximate surface area is 180 Å². The molecule has 1 atom stereocenters. The molecule has 7 heteroatoms. The van der Waals surface area contributed by atoms with Crippen LogP contribution in [0.1, 0.15) is 35.6 Å². The normalized spacial score (nSPS) is 12.2. The Balaban J connectivity index is 1.33. The summed E-state index contributed by atoms with van der Waals surface area (Å²) in [7, 11) is 0. The molecule has 0 saturated heterocycles. The molecule has 0 bridgehead atoms. The number of hydrogen-bond acceptors (Lipinski definition) is 6. The van der Waals surface area contributed by atoms with Gasteiger partial charge in [0, 0.05) is 23.4 Å². The zero-order valence-corrected chi connectivity index (χ0v) is 17.3. The van der Waals surface area contributed by atoms with Gasteiger partial charge < -0.3 is 9.15 Å². The minimum Gasteiger partial charge on any atom is -0.449 e. The summed E-state index contributed by atoms with van der Waals surface area (Å²) in [5, 5.41) is 12.4. The standard InChI is InChI=1S/C24H22N4O3/c1-17-8-11-21(12-9-17)24-27-26-23(31-24)18(2)30-22(29)13-10-20-14-25-28(16-20)15-19-6-4-3-5-7-19/h3-14,16,18H,15H2,1-2H3/b13-10+/t18-/m0/s1. The van der Waals surface area contributed by atoms with E-state index in [-0.39, 0.29) is 5.89 Å². The minimum atomic E-state index is -0.662. The molecule has 0 amide bonds. The summed E-state index contributed by atoms with van der Waals surface area (Å²) in [6.45, 7) is 4.36. The summed E-state index contributed by atoms with van der Waals surface area (Å²) >= 11 is 0. The van der Waals surface area contributed by atoms with E-state index in [0.717, 1.165) is 22.3 Å². The Morgan fingerprint density at radius 2 is 1.90 bits per heavy atom. The number of carbonyl (C=O) groups excluding carboxylic acids is 1. The van der Waals surface area contributed by atoms with Crippen molar-refractivity contribution in [3.8, 4) is 11.5 Å². The van der Waals surface area contributed by atoms with Crippen LogP contribution >= 0.6 is 0 Å². The molecule has 7 nitrogen and oxygen atoms in total. The summed E-state index contributed by atoms with van der Waals surface area (Å²) in [6, 6.07) is 17.8. The number of esters is 1. The average molecular weight is 414 g/mol.